The second kappa shape index (κ2) is 7.79. The van der Waals surface area contributed by atoms with E-state index in [0.29, 0.717) is 0 Å². The van der Waals surface area contributed by atoms with Crippen molar-refractivity contribution in [2.24, 2.45) is 0 Å². The Morgan fingerprint density at radius 1 is 1.45 bits per heavy atom. The predicted molar refractivity (Wildman–Crippen MR) is 85.2 cm³/mol. The van der Waals surface area contributed by atoms with Crippen LogP contribution in [0.1, 0.15) is 52.3 Å². The molecule has 0 aliphatic rings. The second-order valence-electron chi connectivity index (χ2n) is 6.23. The molecule has 0 spiro atoms. The van der Waals surface area contributed by atoms with Crippen LogP contribution in [0.5, 0.6) is 0 Å². The zero-order chi connectivity index (χ0) is 15.2. The SMILES string of the molecule is CCC[C@@H](N[C@@H](C)Cc1cccs1)C(=O)OC(C)(C)C. The van der Waals surface area contributed by atoms with Crippen molar-refractivity contribution in [3.05, 3.63) is 22.4 Å². The first-order valence-electron chi connectivity index (χ1n) is 7.33. The lowest BCUT2D eigenvalue weighted by Gasteiger charge is -2.26. The lowest BCUT2D eigenvalue weighted by atomic mass is 10.1. The number of hydrogen-bond acceptors (Lipinski definition) is 4. The van der Waals surface area contributed by atoms with Gasteiger partial charge in [-0.2, -0.15) is 0 Å². The van der Waals surface area contributed by atoms with Crippen molar-refractivity contribution < 1.29 is 9.53 Å². The van der Waals surface area contributed by atoms with E-state index >= 15 is 0 Å². The Morgan fingerprint density at radius 3 is 2.65 bits per heavy atom. The number of ether oxygens (including phenoxy) is 1. The molecular formula is C16H27NO2S. The van der Waals surface area contributed by atoms with Gasteiger partial charge in [0.05, 0.1) is 0 Å². The van der Waals surface area contributed by atoms with Crippen molar-refractivity contribution in [1.29, 1.82) is 0 Å². The highest BCUT2D eigenvalue weighted by atomic mass is 32.1. The van der Waals surface area contributed by atoms with Gasteiger partial charge < -0.3 is 10.1 Å². The van der Waals surface area contributed by atoms with Crippen LogP contribution in [0.2, 0.25) is 0 Å². The highest BCUT2D eigenvalue weighted by Gasteiger charge is 2.25. The van der Waals surface area contributed by atoms with E-state index in [4.69, 9.17) is 4.74 Å². The summed E-state index contributed by atoms with van der Waals surface area (Å²) in [6, 6.07) is 4.24. The van der Waals surface area contributed by atoms with Crippen molar-refractivity contribution in [3.63, 3.8) is 0 Å². The van der Waals surface area contributed by atoms with Crippen molar-refractivity contribution >= 4 is 17.3 Å². The minimum absolute atomic E-state index is 0.141. The third-order valence-electron chi connectivity index (χ3n) is 2.84. The molecule has 1 aromatic rings. The van der Waals surface area contributed by atoms with Gasteiger partial charge in [0.25, 0.3) is 0 Å². The fourth-order valence-corrected chi connectivity index (χ4v) is 2.90. The van der Waals surface area contributed by atoms with Gasteiger partial charge in [-0.25, -0.2) is 0 Å². The van der Waals surface area contributed by atoms with Gasteiger partial charge in [-0.15, -0.1) is 11.3 Å². The van der Waals surface area contributed by atoms with Crippen LogP contribution in [0, 0.1) is 0 Å². The Kier molecular flexibility index (Phi) is 6.69. The summed E-state index contributed by atoms with van der Waals surface area (Å²) in [5.74, 6) is -0.141. The summed E-state index contributed by atoms with van der Waals surface area (Å²) in [4.78, 5) is 13.5. The zero-order valence-corrected chi connectivity index (χ0v) is 14.0. The topological polar surface area (TPSA) is 38.3 Å². The molecule has 0 aliphatic carbocycles. The molecular weight excluding hydrogens is 270 g/mol. The molecule has 2 atom stereocenters. The summed E-state index contributed by atoms with van der Waals surface area (Å²) in [7, 11) is 0. The summed E-state index contributed by atoms with van der Waals surface area (Å²) in [5, 5.41) is 5.49. The third kappa shape index (κ3) is 6.53. The molecule has 0 bridgehead atoms. The minimum atomic E-state index is -0.429. The molecule has 0 amide bonds. The molecule has 0 aliphatic heterocycles. The van der Waals surface area contributed by atoms with Gasteiger partial charge in [-0.1, -0.05) is 19.4 Å². The fraction of sp³-hybridized carbons (Fsp3) is 0.688. The number of thiophene rings is 1. The Balaban J connectivity index is 2.55. The summed E-state index contributed by atoms with van der Waals surface area (Å²) in [6.07, 6.45) is 2.72. The zero-order valence-electron chi connectivity index (χ0n) is 13.2. The average molecular weight is 297 g/mol. The second-order valence-corrected chi connectivity index (χ2v) is 7.26. The molecule has 0 fully saturated rings. The molecule has 1 heterocycles. The van der Waals surface area contributed by atoms with Crippen molar-refractivity contribution in [2.75, 3.05) is 0 Å². The van der Waals surface area contributed by atoms with Gasteiger partial charge in [0.2, 0.25) is 0 Å². The molecule has 1 N–H and O–H groups in total. The quantitative estimate of drug-likeness (QED) is 0.778. The first-order chi connectivity index (χ1) is 9.31. The largest absolute Gasteiger partial charge is 0.459 e. The van der Waals surface area contributed by atoms with Crippen LogP contribution in [-0.4, -0.2) is 23.7 Å². The molecule has 1 aromatic heterocycles. The van der Waals surface area contributed by atoms with E-state index < -0.39 is 5.60 Å². The molecule has 0 unspecified atom stereocenters. The minimum Gasteiger partial charge on any atom is -0.459 e. The van der Waals surface area contributed by atoms with E-state index in [2.05, 4.69) is 36.7 Å². The van der Waals surface area contributed by atoms with Gasteiger partial charge in [-0.3, -0.25) is 4.79 Å². The first kappa shape index (κ1) is 17.2. The summed E-state index contributed by atoms with van der Waals surface area (Å²) in [6.45, 7) is 9.92. The summed E-state index contributed by atoms with van der Waals surface area (Å²) >= 11 is 1.75. The Bertz CT molecular complexity index is 395. The summed E-state index contributed by atoms with van der Waals surface area (Å²) in [5.41, 5.74) is -0.429. The van der Waals surface area contributed by atoms with E-state index in [1.165, 1.54) is 4.88 Å². The van der Waals surface area contributed by atoms with E-state index in [9.17, 15) is 4.79 Å². The van der Waals surface area contributed by atoms with Crippen molar-refractivity contribution in [2.45, 2.75) is 71.6 Å². The van der Waals surface area contributed by atoms with Crippen LogP contribution in [-0.2, 0) is 16.0 Å². The lowest BCUT2D eigenvalue weighted by Crippen LogP contribution is -2.45. The van der Waals surface area contributed by atoms with Crippen LogP contribution in [0.15, 0.2) is 17.5 Å². The van der Waals surface area contributed by atoms with Gasteiger partial charge in [0.15, 0.2) is 0 Å². The third-order valence-corrected chi connectivity index (χ3v) is 3.74. The molecule has 1 rings (SSSR count). The Labute approximate surface area is 126 Å². The average Bonchev–Trinajstić information content (AvgIpc) is 2.78. The van der Waals surface area contributed by atoms with E-state index in [1.54, 1.807) is 11.3 Å². The van der Waals surface area contributed by atoms with Gasteiger partial charge in [0.1, 0.15) is 11.6 Å². The van der Waals surface area contributed by atoms with Crippen LogP contribution < -0.4 is 5.32 Å². The van der Waals surface area contributed by atoms with Gasteiger partial charge >= 0.3 is 5.97 Å². The van der Waals surface area contributed by atoms with Gasteiger partial charge in [0, 0.05) is 10.9 Å². The van der Waals surface area contributed by atoms with Crippen LogP contribution >= 0.6 is 11.3 Å². The maximum absolute atomic E-state index is 12.2. The number of nitrogens with one attached hydrogen (secondary N) is 1. The molecule has 0 saturated carbocycles. The maximum Gasteiger partial charge on any atom is 0.323 e. The number of carbonyl (C=O) groups excluding carboxylic acids is 1. The maximum atomic E-state index is 12.2. The highest BCUT2D eigenvalue weighted by molar-refractivity contribution is 7.09. The molecule has 4 heteroatoms. The number of esters is 1. The molecule has 0 radical (unpaired) electrons. The smallest absolute Gasteiger partial charge is 0.323 e. The molecule has 20 heavy (non-hydrogen) atoms. The summed E-state index contributed by atoms with van der Waals surface area (Å²) < 4.78 is 5.49. The van der Waals surface area contributed by atoms with E-state index in [1.807, 2.05) is 20.8 Å². The van der Waals surface area contributed by atoms with E-state index in [-0.39, 0.29) is 18.1 Å². The van der Waals surface area contributed by atoms with Crippen molar-refractivity contribution in [1.82, 2.24) is 5.32 Å². The van der Waals surface area contributed by atoms with Gasteiger partial charge in [-0.05, 0) is 52.0 Å². The van der Waals surface area contributed by atoms with Crippen LogP contribution in [0.4, 0.5) is 0 Å². The predicted octanol–water partition coefficient (Wildman–Crippen LogP) is 3.78. The normalized spacial score (nSPS) is 14.8. The Hall–Kier alpha value is -0.870. The molecule has 3 nitrogen and oxygen atoms in total. The molecule has 114 valence electrons. The number of hydrogen-bond donors (Lipinski definition) is 1. The van der Waals surface area contributed by atoms with Crippen LogP contribution in [0.3, 0.4) is 0 Å². The number of rotatable bonds is 7. The van der Waals surface area contributed by atoms with E-state index in [0.717, 1.165) is 19.3 Å². The monoisotopic (exact) mass is 297 g/mol. The molecule has 0 saturated heterocycles. The Morgan fingerprint density at radius 2 is 2.15 bits per heavy atom. The van der Waals surface area contributed by atoms with Crippen molar-refractivity contribution in [3.8, 4) is 0 Å². The standard InChI is InChI=1S/C16H27NO2S/c1-6-8-14(15(18)19-16(3,4)5)17-12(2)11-13-9-7-10-20-13/h7,9-10,12,14,17H,6,8,11H2,1-5H3/t12-,14+/m0/s1. The highest BCUT2D eigenvalue weighted by Crippen LogP contribution is 2.14. The number of carbonyl (C=O) groups is 1. The fourth-order valence-electron chi connectivity index (χ4n) is 2.06. The lowest BCUT2D eigenvalue weighted by molar-refractivity contribution is -0.157. The molecule has 0 aromatic carbocycles. The van der Waals surface area contributed by atoms with Crippen LogP contribution in [0.25, 0.3) is 0 Å². The first-order valence-corrected chi connectivity index (χ1v) is 8.21.